The number of likely N-dealkylation sites (tertiary alicyclic amines) is 2. The molecule has 11 aliphatic rings. The number of aryl methyl sites for hydroxylation is 4. The first-order valence-electron chi connectivity index (χ1n) is 32.8. The molecule has 16 nitrogen and oxygen atoms in total. The van der Waals surface area contributed by atoms with Crippen molar-refractivity contribution in [3.05, 3.63) is 134 Å². The maximum atomic E-state index is 13.4. The number of carbonyl (C=O) groups excluding carboxylic acids is 2. The molecular formula is C70H86BClN10O6. The third-order valence-corrected chi connectivity index (χ3v) is 22.6. The molecule has 0 atom stereocenters. The van der Waals surface area contributed by atoms with Crippen LogP contribution >= 0.6 is 11.6 Å². The Bertz CT molecular complexity index is 3640. The van der Waals surface area contributed by atoms with Gasteiger partial charge in [-0.3, -0.25) is 24.4 Å². The summed E-state index contributed by atoms with van der Waals surface area (Å²) in [5, 5.41) is 7.35. The number of rotatable bonds is 10. The van der Waals surface area contributed by atoms with Gasteiger partial charge in [0.05, 0.1) is 87.7 Å². The average molecular weight is 1210 g/mol. The van der Waals surface area contributed by atoms with Crippen molar-refractivity contribution in [2.45, 2.75) is 138 Å². The van der Waals surface area contributed by atoms with Crippen molar-refractivity contribution in [1.29, 1.82) is 0 Å². The Morgan fingerprint density at radius 3 is 1.48 bits per heavy atom. The van der Waals surface area contributed by atoms with E-state index in [4.69, 9.17) is 35.4 Å². The number of likely N-dealkylation sites (N-methyl/N-ethyl adjacent to an activating group) is 2. The van der Waals surface area contributed by atoms with Gasteiger partial charge in [0.25, 0.3) is 11.8 Å². The smallest absolute Gasteiger partial charge is 0.399 e. The van der Waals surface area contributed by atoms with Crippen molar-refractivity contribution in [1.82, 2.24) is 50.2 Å². The van der Waals surface area contributed by atoms with Crippen molar-refractivity contribution >= 4 is 36.0 Å². The van der Waals surface area contributed by atoms with E-state index in [0.29, 0.717) is 5.15 Å². The minimum Gasteiger partial charge on any atom is -0.399 e. The highest BCUT2D eigenvalue weighted by Gasteiger charge is 2.70. The molecule has 7 fully saturated rings. The number of aromatic nitrogens is 4. The Morgan fingerprint density at radius 2 is 1.02 bits per heavy atom. The Balaban J connectivity index is 0.000000116. The molecule has 2 aromatic carbocycles. The van der Waals surface area contributed by atoms with Gasteiger partial charge in [0.15, 0.2) is 0 Å². The van der Waals surface area contributed by atoms with Gasteiger partial charge in [-0.1, -0.05) is 60.1 Å². The molecule has 7 aliphatic heterocycles. The standard InChI is InChI=1S/C32H37N5O2.C19H30BNO3.C19H19ClN4O/c1-36-19-31(20-36)29-27(30(38)35-32(31)10-11-32)24-9-8-23-18-33-26(17-25(23)28(24)34-29)22-6-4-21(5-7-22)3-2-12-37-13-15-39-16-14-37;1-18(2)19(3,4)24-20(23-18)17-9-7-16(8-10-17)6-5-11-21-12-14-22-15-13-21;1-24-8-18(9-24)16-14(17(25)23-19(18)4-5-19)11-3-2-10-7-21-13(20)6-12(10)15(11)22-16/h4-7,17-18,34H,2-3,8-16,19-20H2,1H3,(H,35,38);7-10H,5-6,11-15H2,1-4H3;6-7,22H,2-5,8-9H2,1H3,(H,23,25). The number of hydrogen-bond donors (Lipinski definition) is 4. The van der Waals surface area contributed by atoms with Gasteiger partial charge in [-0.2, -0.15) is 0 Å². The van der Waals surface area contributed by atoms with E-state index in [0.717, 1.165) is 212 Å². The summed E-state index contributed by atoms with van der Waals surface area (Å²) in [6.45, 7) is 22.4. The lowest BCUT2D eigenvalue weighted by atomic mass is 9.65. The Morgan fingerprint density at radius 1 is 0.580 bits per heavy atom. The summed E-state index contributed by atoms with van der Waals surface area (Å²) in [6, 6.07) is 21.8. The maximum Gasteiger partial charge on any atom is 0.494 e. The summed E-state index contributed by atoms with van der Waals surface area (Å²) < 4.78 is 23.1. The molecule has 4 spiro atoms. The van der Waals surface area contributed by atoms with Crippen LogP contribution < -0.4 is 16.1 Å². The first-order valence-corrected chi connectivity index (χ1v) is 33.1. The second-order valence-electron chi connectivity index (χ2n) is 28.6. The number of pyridine rings is 2. The molecule has 2 saturated carbocycles. The van der Waals surface area contributed by atoms with E-state index in [1.807, 2.05) is 12.3 Å². The van der Waals surface area contributed by atoms with E-state index >= 15 is 0 Å². The van der Waals surface area contributed by atoms with E-state index in [1.165, 1.54) is 51.9 Å². The van der Waals surface area contributed by atoms with Crippen LogP contribution in [0.2, 0.25) is 5.15 Å². The number of halogens is 1. The molecule has 11 heterocycles. The van der Waals surface area contributed by atoms with Crippen LogP contribution in [0.4, 0.5) is 0 Å². The predicted molar refractivity (Wildman–Crippen MR) is 344 cm³/mol. The number of fused-ring (bicyclic) bond motifs is 14. The number of hydrogen-bond acceptors (Lipinski definition) is 12. The zero-order chi connectivity index (χ0) is 60.4. The number of benzene rings is 2. The molecule has 0 bridgehead atoms. The second kappa shape index (κ2) is 22.3. The highest BCUT2D eigenvalue weighted by Crippen LogP contribution is 2.61. The van der Waals surface area contributed by atoms with Crippen molar-refractivity contribution in [2.75, 3.05) is 106 Å². The highest BCUT2D eigenvalue weighted by molar-refractivity contribution is 6.62. The minimum absolute atomic E-state index is 0.0238. The molecule has 0 unspecified atom stereocenters. The number of amides is 2. The second-order valence-corrected chi connectivity index (χ2v) is 29.0. The van der Waals surface area contributed by atoms with Crippen molar-refractivity contribution < 1.29 is 28.4 Å². The fourth-order valence-electron chi connectivity index (χ4n) is 16.5. The number of nitrogens with zero attached hydrogens (tertiary/aromatic N) is 6. The van der Waals surface area contributed by atoms with Gasteiger partial charge in [-0.25, -0.2) is 4.98 Å². The van der Waals surface area contributed by atoms with Gasteiger partial charge in [-0.15, -0.1) is 0 Å². The van der Waals surface area contributed by atoms with Gasteiger partial charge in [-0.05, 0) is 183 Å². The molecule has 4 aliphatic carbocycles. The number of ether oxygens (including phenoxy) is 2. The molecule has 0 radical (unpaired) electrons. The number of aromatic amines is 2. The number of carbonyl (C=O) groups is 2. The zero-order valence-corrected chi connectivity index (χ0v) is 53.2. The Hall–Kier alpha value is -5.73. The van der Waals surface area contributed by atoms with E-state index in [1.54, 1.807) is 0 Å². The molecular weight excluding hydrogens is 1120 g/mol. The molecule has 4 N–H and O–H groups in total. The molecule has 462 valence electrons. The zero-order valence-electron chi connectivity index (χ0n) is 52.4. The maximum absolute atomic E-state index is 13.4. The van der Waals surface area contributed by atoms with Crippen LogP contribution in [0, 0.1) is 0 Å². The van der Waals surface area contributed by atoms with Crippen molar-refractivity contribution in [3.63, 3.8) is 0 Å². The first kappa shape index (κ1) is 58.6. The Labute approximate surface area is 523 Å². The summed E-state index contributed by atoms with van der Waals surface area (Å²) in [6.07, 6.45) is 16.4. The predicted octanol–water partition coefficient (Wildman–Crippen LogP) is 8.10. The van der Waals surface area contributed by atoms with Crippen molar-refractivity contribution in [2.24, 2.45) is 0 Å². The van der Waals surface area contributed by atoms with E-state index in [2.05, 4.69) is 148 Å². The normalized spacial score (nSPS) is 23.4. The SMILES string of the molecule is CC1(C)OB(c2ccc(CCCN3CCOCC3)cc2)OC1(C)C.CN1CC2(C1)c1[nH]c3c(c1C(=O)NC21CC1)CCc1cnc(-c2ccc(CCCN4CCOCC4)cc2)cc1-3.CN1CC2(C1)c1[nH]c3c(c1C(=O)NC21CC1)CCc1cnc(Cl)cc1-3. The van der Waals surface area contributed by atoms with Crippen LogP contribution in [-0.4, -0.2) is 187 Å². The minimum atomic E-state index is -0.283. The molecule has 4 aromatic heterocycles. The summed E-state index contributed by atoms with van der Waals surface area (Å²) in [7, 11) is 4.07. The summed E-state index contributed by atoms with van der Waals surface area (Å²) >= 11 is 6.16. The van der Waals surface area contributed by atoms with Gasteiger partial charge >= 0.3 is 7.12 Å². The van der Waals surface area contributed by atoms with Crippen LogP contribution in [0.5, 0.6) is 0 Å². The molecule has 18 heteroatoms. The lowest BCUT2D eigenvalue weighted by Gasteiger charge is -2.55. The van der Waals surface area contributed by atoms with Gasteiger partial charge in [0.2, 0.25) is 0 Å². The third kappa shape index (κ3) is 10.1. The quantitative estimate of drug-likeness (QED) is 0.0771. The summed E-state index contributed by atoms with van der Waals surface area (Å²) in [5.74, 6) is 0.232. The van der Waals surface area contributed by atoms with Crippen LogP contribution in [0.3, 0.4) is 0 Å². The fraction of sp³-hybridized carbons (Fsp3) is 0.543. The fourth-order valence-corrected chi connectivity index (χ4v) is 16.6. The highest BCUT2D eigenvalue weighted by atomic mass is 35.5. The molecule has 5 saturated heterocycles. The van der Waals surface area contributed by atoms with Crippen LogP contribution in [-0.2, 0) is 68.1 Å². The summed E-state index contributed by atoms with van der Waals surface area (Å²) in [5.41, 5.74) is 19.0. The number of morpholine rings is 2. The summed E-state index contributed by atoms with van der Waals surface area (Å²) in [4.78, 5) is 52.8. The molecule has 6 aromatic rings. The number of H-pyrrole nitrogens is 2. The lowest BCUT2D eigenvalue weighted by Crippen LogP contribution is -2.71. The van der Waals surface area contributed by atoms with E-state index in [9.17, 15) is 9.59 Å². The topological polar surface area (TPSA) is 165 Å². The van der Waals surface area contributed by atoms with Crippen molar-refractivity contribution in [3.8, 4) is 33.8 Å². The molecule has 2 amide bonds. The van der Waals surface area contributed by atoms with E-state index in [-0.39, 0.29) is 52.0 Å². The first-order chi connectivity index (χ1) is 42.5. The molecule has 17 rings (SSSR count). The van der Waals surface area contributed by atoms with E-state index < -0.39 is 0 Å². The molecule has 88 heavy (non-hydrogen) atoms. The Kier molecular flexibility index (Phi) is 14.9. The van der Waals surface area contributed by atoms with Crippen LogP contribution in [0.25, 0.3) is 33.8 Å². The van der Waals surface area contributed by atoms with Crippen LogP contribution in [0.15, 0.2) is 73.1 Å². The van der Waals surface area contributed by atoms with Gasteiger partial charge in [0.1, 0.15) is 5.15 Å². The lowest BCUT2D eigenvalue weighted by molar-refractivity contribution is 0.00578. The largest absolute Gasteiger partial charge is 0.494 e. The average Bonchev–Trinajstić information content (AvgIpc) is 1.51. The van der Waals surface area contributed by atoms with Gasteiger partial charge in [0, 0.05) is 92.8 Å². The monoisotopic (exact) mass is 1210 g/mol. The third-order valence-electron chi connectivity index (χ3n) is 22.4. The van der Waals surface area contributed by atoms with Gasteiger partial charge < -0.3 is 49.2 Å². The number of nitrogens with one attached hydrogen (secondary N) is 4. The van der Waals surface area contributed by atoms with Crippen LogP contribution in [0.1, 0.15) is 132 Å².